The van der Waals surface area contributed by atoms with E-state index in [9.17, 15) is 18.0 Å². The summed E-state index contributed by atoms with van der Waals surface area (Å²) < 4.78 is 45.9. The number of aryl methyl sites for hydroxylation is 1. The van der Waals surface area contributed by atoms with E-state index < -0.39 is 18.6 Å². The number of methoxy groups -OCH3 is 1. The lowest BCUT2D eigenvalue weighted by Crippen LogP contribution is -2.39. The quantitative estimate of drug-likeness (QED) is 0.547. The van der Waals surface area contributed by atoms with Crippen LogP contribution in [0.15, 0.2) is 18.3 Å². The van der Waals surface area contributed by atoms with Gasteiger partial charge in [-0.25, -0.2) is 9.97 Å². The molecule has 3 aromatic rings. The Kier molecular flexibility index (Phi) is 5.99. The van der Waals surface area contributed by atoms with Crippen LogP contribution in [0.2, 0.25) is 0 Å². The van der Waals surface area contributed by atoms with Crippen LogP contribution in [0, 0.1) is 6.92 Å². The molecule has 0 aliphatic carbocycles. The van der Waals surface area contributed by atoms with Crippen molar-refractivity contribution in [1.82, 2.24) is 19.9 Å². The molecule has 190 valence electrons. The number of likely N-dealkylation sites (N-methyl/N-ethyl adjacent to an activating group) is 1. The number of nitrogens with zero attached hydrogens (tertiary/aromatic N) is 6. The summed E-state index contributed by atoms with van der Waals surface area (Å²) in [4.78, 5) is 30.5. The lowest BCUT2D eigenvalue weighted by molar-refractivity contribution is -0.118. The number of nitrogens with one attached hydrogen (secondary N) is 1. The number of amides is 1. The highest BCUT2D eigenvalue weighted by Gasteiger charge is 2.40. The van der Waals surface area contributed by atoms with Gasteiger partial charge >= 0.3 is 6.18 Å². The Bertz CT molecular complexity index is 1340. The maximum Gasteiger partial charge on any atom is 0.406 e. The van der Waals surface area contributed by atoms with E-state index in [1.807, 2.05) is 12.1 Å². The van der Waals surface area contributed by atoms with E-state index in [2.05, 4.69) is 32.2 Å². The first-order chi connectivity index (χ1) is 17.0. The Balaban J connectivity index is 1.57. The fourth-order valence-electron chi connectivity index (χ4n) is 4.43. The number of rotatable bonds is 4. The Morgan fingerprint density at radius 2 is 1.97 bits per heavy atom. The van der Waals surface area contributed by atoms with Crippen LogP contribution in [0.4, 0.5) is 41.3 Å². The molecule has 0 radical (unpaired) electrons. The summed E-state index contributed by atoms with van der Waals surface area (Å²) in [7, 11) is 5.27. The van der Waals surface area contributed by atoms with E-state index in [4.69, 9.17) is 4.74 Å². The van der Waals surface area contributed by atoms with Gasteiger partial charge in [0.15, 0.2) is 11.5 Å². The molecule has 36 heavy (non-hydrogen) atoms. The minimum atomic E-state index is -4.62. The van der Waals surface area contributed by atoms with Gasteiger partial charge in [0, 0.05) is 20.1 Å². The minimum absolute atomic E-state index is 0.0442. The summed E-state index contributed by atoms with van der Waals surface area (Å²) >= 11 is 1.21. The number of hydrogen-bond acceptors (Lipinski definition) is 9. The highest BCUT2D eigenvalue weighted by Crippen LogP contribution is 2.43. The van der Waals surface area contributed by atoms with Crippen LogP contribution < -0.4 is 19.9 Å². The molecule has 2 aliphatic rings. The van der Waals surface area contributed by atoms with Crippen molar-refractivity contribution in [2.75, 3.05) is 49.4 Å². The first-order valence-electron chi connectivity index (χ1n) is 11.2. The number of fused-ring (bicyclic) bond motifs is 3. The van der Waals surface area contributed by atoms with Crippen LogP contribution in [0.25, 0.3) is 0 Å². The number of alkyl halides is 3. The largest absolute Gasteiger partial charge is 0.495 e. The number of hydrogen-bond donors (Lipinski definition) is 1. The fourth-order valence-corrected chi connectivity index (χ4v) is 5.30. The van der Waals surface area contributed by atoms with Gasteiger partial charge in [0.05, 0.1) is 24.0 Å². The second-order valence-electron chi connectivity index (χ2n) is 8.79. The Labute approximate surface area is 209 Å². The van der Waals surface area contributed by atoms with Crippen molar-refractivity contribution < 1.29 is 22.7 Å². The van der Waals surface area contributed by atoms with Gasteiger partial charge in [0.1, 0.15) is 23.0 Å². The standard InChI is InChI=1S/C23H24F3N7O2S/c1-12-28-18-20(34)33(11-23(24,25)26)16-9-27-22(30-19(16)32(3)21(18)36-12)29-15-7-14-10-31(2)6-5-13(14)8-17(15)35-4/h7-9H,5-6,10-11H2,1-4H3,(H,27,29,30). The predicted molar refractivity (Wildman–Crippen MR) is 131 cm³/mol. The highest BCUT2D eigenvalue weighted by molar-refractivity contribution is 7.16. The molecule has 0 fully saturated rings. The number of ether oxygens (including phenoxy) is 1. The van der Waals surface area contributed by atoms with Crippen LogP contribution >= 0.6 is 11.3 Å². The van der Waals surface area contributed by atoms with Crippen molar-refractivity contribution in [2.24, 2.45) is 0 Å². The Morgan fingerprint density at radius 3 is 2.69 bits per heavy atom. The van der Waals surface area contributed by atoms with E-state index in [1.54, 1.807) is 26.0 Å². The molecule has 13 heteroatoms. The van der Waals surface area contributed by atoms with Gasteiger partial charge in [-0.05, 0) is 43.7 Å². The number of thiazole rings is 1. The normalized spacial score (nSPS) is 15.8. The second-order valence-corrected chi connectivity index (χ2v) is 9.97. The monoisotopic (exact) mass is 519 g/mol. The van der Waals surface area contributed by atoms with Gasteiger partial charge in [0.2, 0.25) is 5.95 Å². The van der Waals surface area contributed by atoms with Crippen LogP contribution in [0.1, 0.15) is 26.6 Å². The average molecular weight is 520 g/mol. The van der Waals surface area contributed by atoms with Gasteiger partial charge in [-0.3, -0.25) is 9.69 Å². The van der Waals surface area contributed by atoms with Gasteiger partial charge in [-0.1, -0.05) is 0 Å². The van der Waals surface area contributed by atoms with E-state index in [1.165, 1.54) is 23.1 Å². The molecule has 0 saturated heterocycles. The van der Waals surface area contributed by atoms with Gasteiger partial charge in [0.25, 0.3) is 5.91 Å². The molecular weight excluding hydrogens is 495 g/mol. The zero-order chi connectivity index (χ0) is 25.8. The maximum absolute atomic E-state index is 13.4. The number of carbonyl (C=O) groups excluding carboxylic acids is 1. The summed E-state index contributed by atoms with van der Waals surface area (Å²) in [6.45, 7) is 1.95. The number of benzene rings is 1. The Morgan fingerprint density at radius 1 is 1.19 bits per heavy atom. The van der Waals surface area contributed by atoms with Crippen molar-refractivity contribution in [3.63, 3.8) is 0 Å². The molecule has 0 unspecified atom stereocenters. The topological polar surface area (TPSA) is 86.7 Å². The van der Waals surface area contributed by atoms with Crippen LogP contribution in [0.5, 0.6) is 5.75 Å². The third-order valence-corrected chi connectivity index (χ3v) is 7.18. The second kappa shape index (κ2) is 8.89. The summed E-state index contributed by atoms with van der Waals surface area (Å²) in [6, 6.07) is 3.96. The highest BCUT2D eigenvalue weighted by atomic mass is 32.1. The zero-order valence-corrected chi connectivity index (χ0v) is 20.9. The molecular formula is C23H24F3N7O2S. The molecule has 0 saturated carbocycles. The lowest BCUT2D eigenvalue weighted by Gasteiger charge is -2.26. The number of carbonyl (C=O) groups is 1. The van der Waals surface area contributed by atoms with Gasteiger partial charge in [-0.15, -0.1) is 11.3 Å². The van der Waals surface area contributed by atoms with E-state index in [0.29, 0.717) is 26.3 Å². The molecule has 1 N–H and O–H groups in total. The van der Waals surface area contributed by atoms with E-state index >= 15 is 0 Å². The van der Waals surface area contributed by atoms with E-state index in [-0.39, 0.29) is 23.1 Å². The molecule has 2 aromatic heterocycles. The van der Waals surface area contributed by atoms with Crippen molar-refractivity contribution in [2.45, 2.75) is 26.1 Å². The van der Waals surface area contributed by atoms with E-state index in [0.717, 1.165) is 25.1 Å². The van der Waals surface area contributed by atoms with Crippen molar-refractivity contribution in [1.29, 1.82) is 0 Å². The third kappa shape index (κ3) is 4.44. The summed E-state index contributed by atoms with van der Waals surface area (Å²) in [6.07, 6.45) is -2.49. The average Bonchev–Trinajstić information content (AvgIpc) is 3.19. The molecule has 5 rings (SSSR count). The predicted octanol–water partition coefficient (Wildman–Crippen LogP) is 4.27. The van der Waals surface area contributed by atoms with Gasteiger partial charge in [-0.2, -0.15) is 18.2 Å². The summed E-state index contributed by atoms with van der Waals surface area (Å²) in [5.41, 5.74) is 2.89. The van der Waals surface area contributed by atoms with Crippen LogP contribution in [0.3, 0.4) is 0 Å². The third-order valence-electron chi connectivity index (χ3n) is 6.14. The van der Waals surface area contributed by atoms with Crippen molar-refractivity contribution in [3.05, 3.63) is 40.2 Å². The Hall–Kier alpha value is -3.45. The first-order valence-corrected chi connectivity index (χ1v) is 12.0. The SMILES string of the molecule is COc1cc2c(cc1Nc1ncc3c(n1)N(C)c1sc(C)nc1C(=O)N3CC(F)(F)F)CN(C)CC2. The fraction of sp³-hybridized carbons (Fsp3) is 0.391. The number of anilines is 5. The molecule has 0 spiro atoms. The zero-order valence-electron chi connectivity index (χ0n) is 20.1. The summed E-state index contributed by atoms with van der Waals surface area (Å²) in [5.74, 6) is 0.0813. The number of halogens is 3. The van der Waals surface area contributed by atoms with Crippen LogP contribution in [-0.4, -0.2) is 66.2 Å². The van der Waals surface area contributed by atoms with Gasteiger partial charge < -0.3 is 19.9 Å². The minimum Gasteiger partial charge on any atom is -0.495 e. The molecule has 0 atom stereocenters. The number of aromatic nitrogens is 3. The van der Waals surface area contributed by atoms with Crippen LogP contribution in [-0.2, 0) is 13.0 Å². The molecule has 0 bridgehead atoms. The lowest BCUT2D eigenvalue weighted by atomic mass is 9.99. The smallest absolute Gasteiger partial charge is 0.406 e. The molecule has 9 nitrogen and oxygen atoms in total. The maximum atomic E-state index is 13.4. The van der Waals surface area contributed by atoms with Crippen molar-refractivity contribution >= 4 is 45.4 Å². The van der Waals surface area contributed by atoms with Crippen molar-refractivity contribution in [3.8, 4) is 5.75 Å². The molecule has 4 heterocycles. The molecule has 1 amide bonds. The first kappa shape index (κ1) is 24.3. The molecule has 2 aliphatic heterocycles. The molecule has 1 aromatic carbocycles. The summed E-state index contributed by atoms with van der Waals surface area (Å²) in [5, 5.41) is 4.13.